The number of piperidine rings is 1. The Bertz CT molecular complexity index is 851. The zero-order valence-corrected chi connectivity index (χ0v) is 14.3. The smallest absolute Gasteiger partial charge is 0.403 e. The predicted octanol–water partition coefficient (Wildman–Crippen LogP) is 2.05. The lowest BCUT2D eigenvalue weighted by atomic mass is 10.0. The average molecular weight is 368 g/mol. The summed E-state index contributed by atoms with van der Waals surface area (Å²) >= 11 is 0. The third-order valence-electron chi connectivity index (χ3n) is 5.15. The zero-order chi connectivity index (χ0) is 18.7. The molecule has 2 atom stereocenters. The molecular weight excluding hydrogens is 349 g/mol. The normalized spacial score (nSPS) is 25.2. The highest BCUT2D eigenvalue weighted by Crippen LogP contribution is 2.49. The third-order valence-corrected chi connectivity index (χ3v) is 5.15. The van der Waals surface area contributed by atoms with Crippen molar-refractivity contribution < 1.29 is 22.7 Å². The van der Waals surface area contributed by atoms with Crippen molar-refractivity contribution in [2.75, 3.05) is 13.1 Å². The number of ether oxygens (including phenoxy) is 1. The Morgan fingerprint density at radius 1 is 1.35 bits per heavy atom. The molecule has 2 fully saturated rings. The van der Waals surface area contributed by atoms with Crippen molar-refractivity contribution in [3.63, 3.8) is 0 Å². The number of carbonyl (C=O) groups excluding carboxylic acids is 1. The van der Waals surface area contributed by atoms with Gasteiger partial charge < -0.3 is 15.4 Å². The van der Waals surface area contributed by atoms with Crippen LogP contribution >= 0.6 is 0 Å². The average Bonchev–Trinajstić information content (AvgIpc) is 2.88. The summed E-state index contributed by atoms with van der Waals surface area (Å²) in [4.78, 5) is 16.8. The van der Waals surface area contributed by atoms with E-state index in [-0.39, 0.29) is 23.1 Å². The summed E-state index contributed by atoms with van der Waals surface area (Å²) in [5.41, 5.74) is -0.653. The number of aromatic nitrogens is 2. The van der Waals surface area contributed by atoms with Crippen LogP contribution in [-0.2, 0) is 10.3 Å². The monoisotopic (exact) mass is 368 g/mol. The van der Waals surface area contributed by atoms with Gasteiger partial charge in [-0.1, -0.05) is 0 Å². The summed E-state index contributed by atoms with van der Waals surface area (Å²) in [6, 6.07) is 2.69. The van der Waals surface area contributed by atoms with Crippen LogP contribution in [0.3, 0.4) is 0 Å². The highest BCUT2D eigenvalue weighted by molar-refractivity contribution is 5.83. The van der Waals surface area contributed by atoms with Crippen molar-refractivity contribution in [1.29, 1.82) is 0 Å². The molecule has 0 aromatic carbocycles. The fourth-order valence-corrected chi connectivity index (χ4v) is 3.92. The van der Waals surface area contributed by atoms with Gasteiger partial charge in [-0.3, -0.25) is 9.20 Å². The lowest BCUT2D eigenvalue weighted by Gasteiger charge is -2.26. The molecule has 0 radical (unpaired) electrons. The van der Waals surface area contributed by atoms with E-state index in [9.17, 15) is 18.0 Å². The molecule has 140 valence electrons. The van der Waals surface area contributed by atoms with Crippen molar-refractivity contribution in [2.24, 2.45) is 17.8 Å². The minimum Gasteiger partial charge on any atom is -0.403 e. The Balaban J connectivity index is 1.59. The van der Waals surface area contributed by atoms with Gasteiger partial charge in [0, 0.05) is 12.1 Å². The van der Waals surface area contributed by atoms with E-state index in [2.05, 4.69) is 20.4 Å². The van der Waals surface area contributed by atoms with Crippen LogP contribution in [0.5, 0.6) is 5.75 Å². The summed E-state index contributed by atoms with van der Waals surface area (Å²) in [5.74, 6) is 0.849. The molecule has 3 heterocycles. The van der Waals surface area contributed by atoms with Gasteiger partial charge in [0.15, 0.2) is 5.75 Å². The van der Waals surface area contributed by atoms with Crippen molar-refractivity contribution >= 4 is 11.4 Å². The molecule has 0 bridgehead atoms. The number of alkyl halides is 3. The van der Waals surface area contributed by atoms with E-state index in [1.807, 2.05) is 0 Å². The number of hydrogen-bond donors (Lipinski definition) is 2. The minimum atomic E-state index is -4.78. The first-order valence-electron chi connectivity index (χ1n) is 8.42. The third kappa shape index (κ3) is 2.90. The molecule has 1 aliphatic carbocycles. The molecule has 6 nitrogen and oxygen atoms in total. The molecule has 1 aliphatic heterocycles. The maximum Gasteiger partial charge on any atom is 0.573 e. The molecule has 2 aromatic heterocycles. The van der Waals surface area contributed by atoms with E-state index in [0.717, 1.165) is 13.1 Å². The molecule has 26 heavy (non-hydrogen) atoms. The molecule has 0 spiro atoms. The first-order valence-corrected chi connectivity index (χ1v) is 8.42. The second kappa shape index (κ2) is 5.60. The van der Waals surface area contributed by atoms with Gasteiger partial charge in [-0.05, 0) is 50.9 Å². The second-order valence-corrected chi connectivity index (χ2v) is 7.38. The molecule has 1 saturated carbocycles. The number of rotatable bonds is 4. The number of nitrogens with one attached hydrogen (secondary N) is 2. The van der Waals surface area contributed by atoms with Gasteiger partial charge in [-0.2, -0.15) is 0 Å². The van der Waals surface area contributed by atoms with Crippen molar-refractivity contribution in [2.45, 2.75) is 25.7 Å². The van der Waals surface area contributed by atoms with E-state index in [1.165, 1.54) is 22.7 Å². The van der Waals surface area contributed by atoms with Crippen LogP contribution < -0.4 is 15.4 Å². The topological polar surface area (TPSA) is 67.7 Å². The number of imidazole rings is 1. The maximum atomic E-state index is 12.6. The van der Waals surface area contributed by atoms with Crippen LogP contribution in [0.1, 0.15) is 19.7 Å². The molecule has 2 unspecified atom stereocenters. The van der Waals surface area contributed by atoms with Crippen LogP contribution in [-0.4, -0.2) is 34.7 Å². The van der Waals surface area contributed by atoms with Gasteiger partial charge in [0.2, 0.25) is 5.91 Å². The summed E-state index contributed by atoms with van der Waals surface area (Å²) < 4.78 is 43.3. The van der Waals surface area contributed by atoms with Crippen LogP contribution in [0.2, 0.25) is 0 Å². The SMILES string of the molecule is CC(C)(NC(=O)C1C2CNCC21)c1ncc2c(OC(F)(F)F)cccn12. The van der Waals surface area contributed by atoms with E-state index in [1.54, 1.807) is 20.0 Å². The number of pyridine rings is 1. The fraction of sp³-hybridized carbons (Fsp3) is 0.529. The van der Waals surface area contributed by atoms with Gasteiger partial charge >= 0.3 is 6.36 Å². The Hall–Kier alpha value is -2.29. The van der Waals surface area contributed by atoms with Gasteiger partial charge in [-0.25, -0.2) is 4.98 Å². The lowest BCUT2D eigenvalue weighted by Crippen LogP contribution is -2.44. The number of nitrogens with zero attached hydrogens (tertiary/aromatic N) is 2. The van der Waals surface area contributed by atoms with Gasteiger partial charge in [0.25, 0.3) is 0 Å². The Morgan fingerprint density at radius 3 is 2.69 bits per heavy atom. The van der Waals surface area contributed by atoms with Crippen LogP contribution in [0.15, 0.2) is 24.5 Å². The Kier molecular flexibility index (Phi) is 3.69. The van der Waals surface area contributed by atoms with Gasteiger partial charge in [0.05, 0.1) is 11.7 Å². The highest BCUT2D eigenvalue weighted by atomic mass is 19.4. The fourth-order valence-electron chi connectivity index (χ4n) is 3.92. The largest absolute Gasteiger partial charge is 0.573 e. The van der Waals surface area contributed by atoms with Gasteiger partial charge in [-0.15, -0.1) is 13.2 Å². The zero-order valence-electron chi connectivity index (χ0n) is 14.3. The molecule has 4 rings (SSSR count). The number of fused-ring (bicyclic) bond motifs is 2. The first kappa shape index (κ1) is 17.1. The molecule has 9 heteroatoms. The molecule has 2 N–H and O–H groups in total. The number of hydrogen-bond acceptors (Lipinski definition) is 4. The number of halogens is 3. The quantitative estimate of drug-likeness (QED) is 0.867. The Labute approximate surface area is 147 Å². The molecule has 2 aromatic rings. The van der Waals surface area contributed by atoms with E-state index in [0.29, 0.717) is 17.7 Å². The summed E-state index contributed by atoms with van der Waals surface area (Å²) in [6.07, 6.45) is -1.86. The maximum absolute atomic E-state index is 12.6. The number of amides is 1. The highest BCUT2D eigenvalue weighted by Gasteiger charge is 2.57. The van der Waals surface area contributed by atoms with E-state index >= 15 is 0 Å². The predicted molar refractivity (Wildman–Crippen MR) is 86.4 cm³/mol. The van der Waals surface area contributed by atoms with E-state index in [4.69, 9.17) is 0 Å². The molecule has 1 saturated heterocycles. The summed E-state index contributed by atoms with van der Waals surface area (Å²) in [7, 11) is 0. The van der Waals surface area contributed by atoms with Crippen molar-refractivity contribution in [3.05, 3.63) is 30.4 Å². The first-order chi connectivity index (χ1) is 12.2. The summed E-state index contributed by atoms with van der Waals surface area (Å²) in [6.45, 7) is 5.28. The summed E-state index contributed by atoms with van der Waals surface area (Å²) in [5, 5.41) is 6.24. The standard InChI is InChI=1S/C17H19F3N4O2/c1-16(2,23-14(25)13-9-6-21-7-10(9)13)15-22-8-11-12(26-17(18,19)20)4-3-5-24(11)15/h3-5,8-10,13,21H,6-7H2,1-2H3,(H,23,25). The number of carbonyl (C=O) groups is 1. The molecule has 1 amide bonds. The van der Waals surface area contributed by atoms with Crippen LogP contribution in [0.4, 0.5) is 13.2 Å². The molecule has 2 aliphatic rings. The Morgan fingerprint density at radius 2 is 2.04 bits per heavy atom. The van der Waals surface area contributed by atoms with Crippen LogP contribution in [0, 0.1) is 17.8 Å². The lowest BCUT2D eigenvalue weighted by molar-refractivity contribution is -0.274. The second-order valence-electron chi connectivity index (χ2n) is 7.38. The van der Waals surface area contributed by atoms with Crippen LogP contribution in [0.25, 0.3) is 5.52 Å². The van der Waals surface area contributed by atoms with Crippen molar-refractivity contribution in [3.8, 4) is 5.75 Å². The minimum absolute atomic E-state index is 0.00544. The van der Waals surface area contributed by atoms with Gasteiger partial charge in [0.1, 0.15) is 11.3 Å². The molecular formula is C17H19F3N4O2. The van der Waals surface area contributed by atoms with Crippen molar-refractivity contribution in [1.82, 2.24) is 20.0 Å². The van der Waals surface area contributed by atoms with E-state index < -0.39 is 11.9 Å².